The van der Waals surface area contributed by atoms with E-state index in [9.17, 15) is 13.2 Å². The van der Waals surface area contributed by atoms with Gasteiger partial charge in [0.1, 0.15) is 18.9 Å². The van der Waals surface area contributed by atoms with Crippen LogP contribution in [0.2, 0.25) is 0 Å². The molecule has 110 valence electrons. The Morgan fingerprint density at radius 2 is 2.20 bits per heavy atom. The lowest BCUT2D eigenvalue weighted by Crippen LogP contribution is -2.39. The van der Waals surface area contributed by atoms with E-state index in [-0.39, 0.29) is 5.75 Å². The molecule has 1 aromatic rings. The highest BCUT2D eigenvalue weighted by Gasteiger charge is 2.22. The minimum atomic E-state index is -3.59. The highest BCUT2D eigenvalue weighted by atomic mass is 32.2. The number of primary amides is 1. The number of hydrogen-bond donors (Lipinski definition) is 1. The molecule has 0 fully saturated rings. The van der Waals surface area contributed by atoms with Gasteiger partial charge in [0.15, 0.2) is 0 Å². The van der Waals surface area contributed by atoms with Gasteiger partial charge in [-0.05, 0) is 19.1 Å². The van der Waals surface area contributed by atoms with Gasteiger partial charge < -0.3 is 10.5 Å². The quantitative estimate of drug-likeness (QED) is 0.722. The van der Waals surface area contributed by atoms with E-state index in [4.69, 9.17) is 10.5 Å². The third kappa shape index (κ3) is 4.27. The fraction of sp³-hybridized carbons (Fsp3) is 0.308. The van der Waals surface area contributed by atoms with Crippen LogP contribution < -0.4 is 14.8 Å². The molecule has 0 atom stereocenters. The van der Waals surface area contributed by atoms with E-state index in [0.29, 0.717) is 18.0 Å². The van der Waals surface area contributed by atoms with Crippen LogP contribution in [0.4, 0.5) is 5.69 Å². The standard InChI is InChI=1S/C13H18N2O4S/c1-3-8-19-12-7-5-6-11(9-12)15(10-13(14)16)20(17,18)4-2/h3,5-7,9H,1,4,8,10H2,2H3,(H2,14,16). The van der Waals surface area contributed by atoms with Crippen molar-refractivity contribution >= 4 is 21.6 Å². The summed E-state index contributed by atoms with van der Waals surface area (Å²) in [6, 6.07) is 6.46. The summed E-state index contributed by atoms with van der Waals surface area (Å²) in [6.07, 6.45) is 1.58. The van der Waals surface area contributed by atoms with Crippen LogP contribution >= 0.6 is 0 Å². The van der Waals surface area contributed by atoms with E-state index in [2.05, 4.69) is 6.58 Å². The number of sulfonamides is 1. The van der Waals surface area contributed by atoms with E-state index in [1.165, 1.54) is 6.92 Å². The summed E-state index contributed by atoms with van der Waals surface area (Å²) in [4.78, 5) is 11.1. The van der Waals surface area contributed by atoms with Crippen LogP contribution in [0.5, 0.6) is 5.75 Å². The highest BCUT2D eigenvalue weighted by Crippen LogP contribution is 2.23. The predicted molar refractivity (Wildman–Crippen MR) is 78.1 cm³/mol. The number of nitrogens with zero attached hydrogens (tertiary/aromatic N) is 1. The normalized spacial score (nSPS) is 10.8. The Bertz CT molecular complexity index is 584. The molecule has 6 nitrogen and oxygen atoms in total. The van der Waals surface area contributed by atoms with Crippen LogP contribution in [-0.2, 0) is 14.8 Å². The van der Waals surface area contributed by atoms with E-state index in [1.807, 2.05) is 0 Å². The topological polar surface area (TPSA) is 89.7 Å². The molecule has 7 heteroatoms. The molecule has 20 heavy (non-hydrogen) atoms. The first kappa shape index (κ1) is 16.0. The van der Waals surface area contributed by atoms with Gasteiger partial charge in [0.05, 0.1) is 11.4 Å². The Morgan fingerprint density at radius 1 is 1.50 bits per heavy atom. The first-order valence-electron chi connectivity index (χ1n) is 6.03. The summed E-state index contributed by atoms with van der Waals surface area (Å²) < 4.78 is 30.4. The number of rotatable bonds is 8. The number of carbonyl (C=O) groups is 1. The summed E-state index contributed by atoms with van der Waals surface area (Å²) in [7, 11) is -3.59. The van der Waals surface area contributed by atoms with E-state index < -0.39 is 22.5 Å². The molecule has 0 aliphatic rings. The minimum Gasteiger partial charge on any atom is -0.489 e. The van der Waals surface area contributed by atoms with E-state index >= 15 is 0 Å². The third-order valence-electron chi connectivity index (χ3n) is 2.47. The second-order valence-corrected chi connectivity index (χ2v) is 6.15. The molecule has 1 rings (SSSR count). The van der Waals surface area contributed by atoms with Crippen LogP contribution in [0, 0.1) is 0 Å². The Morgan fingerprint density at radius 3 is 2.75 bits per heavy atom. The maximum absolute atomic E-state index is 12.0. The van der Waals surface area contributed by atoms with Crippen LogP contribution in [0.25, 0.3) is 0 Å². The number of hydrogen-bond acceptors (Lipinski definition) is 4. The summed E-state index contributed by atoms with van der Waals surface area (Å²) in [6.45, 7) is 4.94. The number of carbonyl (C=O) groups excluding carboxylic acids is 1. The van der Waals surface area contributed by atoms with Gasteiger partial charge in [-0.1, -0.05) is 18.7 Å². The van der Waals surface area contributed by atoms with Crippen molar-refractivity contribution in [1.29, 1.82) is 0 Å². The first-order chi connectivity index (χ1) is 9.40. The van der Waals surface area contributed by atoms with E-state index in [0.717, 1.165) is 4.31 Å². The van der Waals surface area contributed by atoms with Crippen molar-refractivity contribution in [1.82, 2.24) is 0 Å². The minimum absolute atomic E-state index is 0.127. The van der Waals surface area contributed by atoms with Gasteiger partial charge in [-0.3, -0.25) is 9.10 Å². The zero-order valence-electron chi connectivity index (χ0n) is 11.3. The van der Waals surface area contributed by atoms with Crippen molar-refractivity contribution in [3.05, 3.63) is 36.9 Å². The number of anilines is 1. The fourth-order valence-corrected chi connectivity index (χ4v) is 2.60. The molecule has 0 spiro atoms. The van der Waals surface area contributed by atoms with Gasteiger partial charge >= 0.3 is 0 Å². The van der Waals surface area contributed by atoms with Gasteiger partial charge in [0.25, 0.3) is 0 Å². The lowest BCUT2D eigenvalue weighted by atomic mass is 10.3. The Labute approximate surface area is 118 Å². The molecular formula is C13H18N2O4S. The first-order valence-corrected chi connectivity index (χ1v) is 7.64. The highest BCUT2D eigenvalue weighted by molar-refractivity contribution is 7.92. The molecule has 1 amide bonds. The van der Waals surface area contributed by atoms with Gasteiger partial charge in [0.2, 0.25) is 15.9 Å². The number of ether oxygens (including phenoxy) is 1. The van der Waals surface area contributed by atoms with E-state index in [1.54, 1.807) is 30.3 Å². The smallest absolute Gasteiger partial charge is 0.238 e. The van der Waals surface area contributed by atoms with Crippen molar-refractivity contribution in [2.75, 3.05) is 23.2 Å². The molecule has 0 aliphatic heterocycles. The molecule has 0 bridgehead atoms. The van der Waals surface area contributed by atoms with Crippen LogP contribution in [0.15, 0.2) is 36.9 Å². The molecule has 0 unspecified atom stereocenters. The molecule has 2 N–H and O–H groups in total. The van der Waals surface area contributed by atoms with Crippen molar-refractivity contribution < 1.29 is 17.9 Å². The monoisotopic (exact) mass is 298 g/mol. The van der Waals surface area contributed by atoms with Crippen molar-refractivity contribution in [3.63, 3.8) is 0 Å². The lowest BCUT2D eigenvalue weighted by molar-refractivity contribution is -0.116. The second kappa shape index (κ2) is 6.95. The predicted octanol–water partition coefficient (Wildman–Crippen LogP) is 0.893. The van der Waals surface area contributed by atoms with Gasteiger partial charge in [-0.15, -0.1) is 0 Å². The van der Waals surface area contributed by atoms with Crippen molar-refractivity contribution in [2.45, 2.75) is 6.92 Å². The average molecular weight is 298 g/mol. The Balaban J connectivity index is 3.13. The van der Waals surface area contributed by atoms with Crippen molar-refractivity contribution in [3.8, 4) is 5.75 Å². The molecular weight excluding hydrogens is 280 g/mol. The van der Waals surface area contributed by atoms with Crippen molar-refractivity contribution in [2.24, 2.45) is 5.73 Å². The van der Waals surface area contributed by atoms with Crippen LogP contribution in [-0.4, -0.2) is 33.2 Å². The summed E-state index contributed by atoms with van der Waals surface area (Å²) in [5, 5.41) is 0. The van der Waals surface area contributed by atoms with Gasteiger partial charge in [0, 0.05) is 6.07 Å². The second-order valence-electron chi connectivity index (χ2n) is 3.97. The molecule has 0 radical (unpaired) electrons. The maximum atomic E-state index is 12.0. The van der Waals surface area contributed by atoms with Gasteiger partial charge in [-0.25, -0.2) is 8.42 Å². The molecule has 0 saturated carbocycles. The zero-order chi connectivity index (χ0) is 15.2. The summed E-state index contributed by atoms with van der Waals surface area (Å²) >= 11 is 0. The molecule has 0 aliphatic carbocycles. The largest absolute Gasteiger partial charge is 0.489 e. The van der Waals surface area contributed by atoms with Crippen LogP contribution in [0.3, 0.4) is 0 Å². The molecule has 1 aromatic carbocycles. The lowest BCUT2D eigenvalue weighted by Gasteiger charge is -2.22. The molecule has 0 aromatic heterocycles. The van der Waals surface area contributed by atoms with Crippen LogP contribution in [0.1, 0.15) is 6.92 Å². The number of benzene rings is 1. The number of amides is 1. The average Bonchev–Trinajstić information content (AvgIpc) is 2.42. The fourth-order valence-electron chi connectivity index (χ4n) is 1.53. The third-order valence-corrected chi connectivity index (χ3v) is 4.21. The summed E-state index contributed by atoms with van der Waals surface area (Å²) in [5.41, 5.74) is 5.45. The zero-order valence-corrected chi connectivity index (χ0v) is 12.1. The Hall–Kier alpha value is -2.02. The number of nitrogens with two attached hydrogens (primary N) is 1. The SMILES string of the molecule is C=CCOc1cccc(N(CC(N)=O)S(=O)(=O)CC)c1. The molecule has 0 heterocycles. The Kier molecular flexibility index (Phi) is 5.57. The van der Waals surface area contributed by atoms with Gasteiger partial charge in [-0.2, -0.15) is 0 Å². The molecule has 0 saturated heterocycles. The summed E-state index contributed by atoms with van der Waals surface area (Å²) in [5.74, 6) is -0.361. The maximum Gasteiger partial charge on any atom is 0.238 e.